The third-order valence-electron chi connectivity index (χ3n) is 3.98. The second-order valence-electron chi connectivity index (χ2n) is 5.53. The smallest absolute Gasteiger partial charge is 0.224 e. The average Bonchev–Trinajstić information content (AvgIpc) is 2.30. The molecule has 100 valence electrons. The van der Waals surface area contributed by atoms with Crippen LogP contribution in [0.2, 0.25) is 0 Å². The molecule has 0 radical (unpaired) electrons. The van der Waals surface area contributed by atoms with Crippen LogP contribution < -0.4 is 10.6 Å². The predicted octanol–water partition coefficient (Wildman–Crippen LogP) is 3.92. The molecule has 0 aromatic heterocycles. The van der Waals surface area contributed by atoms with Crippen LogP contribution in [0.15, 0.2) is 0 Å². The molecular formula is C13H24Cl2N2. The molecule has 2 aliphatic carbocycles. The Hall–Kier alpha value is 0.500. The Morgan fingerprint density at radius 1 is 0.647 bits per heavy atom. The molecule has 0 aromatic carbocycles. The van der Waals surface area contributed by atoms with E-state index in [-0.39, 0.29) is 0 Å². The van der Waals surface area contributed by atoms with Gasteiger partial charge >= 0.3 is 0 Å². The lowest BCUT2D eigenvalue weighted by atomic mass is 9.95. The molecule has 0 aromatic rings. The zero-order chi connectivity index (χ0) is 12.1. The molecule has 2 aliphatic rings. The zero-order valence-corrected chi connectivity index (χ0v) is 12.0. The van der Waals surface area contributed by atoms with Gasteiger partial charge in [-0.3, -0.25) is 10.6 Å². The molecule has 0 heterocycles. The summed E-state index contributed by atoms with van der Waals surface area (Å²) in [7, 11) is 0. The predicted molar refractivity (Wildman–Crippen MR) is 74.5 cm³/mol. The first-order valence-corrected chi connectivity index (χ1v) is 7.84. The van der Waals surface area contributed by atoms with Crippen LogP contribution >= 0.6 is 23.2 Å². The van der Waals surface area contributed by atoms with E-state index >= 15 is 0 Å². The number of rotatable bonds is 4. The van der Waals surface area contributed by atoms with Crippen molar-refractivity contribution in [2.75, 3.05) is 0 Å². The summed E-state index contributed by atoms with van der Waals surface area (Å²) in [5.74, 6) is 0. The maximum Gasteiger partial charge on any atom is 0.224 e. The van der Waals surface area contributed by atoms with E-state index in [1.54, 1.807) is 0 Å². The summed E-state index contributed by atoms with van der Waals surface area (Å²) >= 11 is 12.7. The van der Waals surface area contributed by atoms with Gasteiger partial charge in [-0.15, -0.1) is 0 Å². The third kappa shape index (κ3) is 4.94. The maximum absolute atomic E-state index is 6.35. The minimum absolute atomic E-state index is 0.481. The molecule has 0 amide bonds. The third-order valence-corrected chi connectivity index (χ3v) is 4.42. The Morgan fingerprint density at radius 3 is 1.35 bits per heavy atom. The van der Waals surface area contributed by atoms with Crippen molar-refractivity contribution in [1.82, 2.24) is 10.6 Å². The van der Waals surface area contributed by atoms with Gasteiger partial charge in [-0.1, -0.05) is 61.7 Å². The summed E-state index contributed by atoms with van der Waals surface area (Å²) in [5, 5.41) is 6.72. The van der Waals surface area contributed by atoms with Crippen molar-refractivity contribution in [3.8, 4) is 0 Å². The van der Waals surface area contributed by atoms with Crippen molar-refractivity contribution in [3.63, 3.8) is 0 Å². The Kier molecular flexibility index (Phi) is 5.41. The highest BCUT2D eigenvalue weighted by molar-refractivity contribution is 6.47. The second kappa shape index (κ2) is 6.60. The molecule has 0 spiro atoms. The van der Waals surface area contributed by atoms with E-state index in [4.69, 9.17) is 23.2 Å². The fourth-order valence-electron chi connectivity index (χ4n) is 3.05. The maximum atomic E-state index is 6.35. The summed E-state index contributed by atoms with van der Waals surface area (Å²) in [6, 6.07) is 0.963. The molecule has 2 saturated carbocycles. The van der Waals surface area contributed by atoms with E-state index in [0.29, 0.717) is 12.1 Å². The van der Waals surface area contributed by atoms with E-state index in [1.807, 2.05) is 0 Å². The number of nitrogens with one attached hydrogen (secondary N) is 2. The van der Waals surface area contributed by atoms with Gasteiger partial charge in [0.2, 0.25) is 4.58 Å². The Morgan fingerprint density at radius 2 is 1.00 bits per heavy atom. The molecule has 0 aliphatic heterocycles. The van der Waals surface area contributed by atoms with Gasteiger partial charge in [0.05, 0.1) is 0 Å². The SMILES string of the molecule is ClC(Cl)(NC1CCCCC1)NC1CCCCC1. The molecule has 0 bridgehead atoms. The lowest BCUT2D eigenvalue weighted by Gasteiger charge is -2.35. The first-order valence-electron chi connectivity index (χ1n) is 7.09. The summed E-state index contributed by atoms with van der Waals surface area (Å²) in [6.07, 6.45) is 12.7. The molecule has 2 rings (SSSR count). The van der Waals surface area contributed by atoms with Crippen LogP contribution in [0.1, 0.15) is 64.2 Å². The number of hydrogen-bond acceptors (Lipinski definition) is 2. The lowest BCUT2D eigenvalue weighted by molar-refractivity contribution is 0.286. The van der Waals surface area contributed by atoms with Crippen LogP contribution in [0.3, 0.4) is 0 Å². The highest BCUT2D eigenvalue weighted by atomic mass is 35.5. The van der Waals surface area contributed by atoms with E-state index < -0.39 is 4.58 Å². The van der Waals surface area contributed by atoms with E-state index in [9.17, 15) is 0 Å². The molecule has 2 N–H and O–H groups in total. The van der Waals surface area contributed by atoms with Gasteiger partial charge in [0.1, 0.15) is 0 Å². The van der Waals surface area contributed by atoms with Gasteiger partial charge in [0.15, 0.2) is 0 Å². The quantitative estimate of drug-likeness (QED) is 0.463. The molecule has 0 unspecified atom stereocenters. The average molecular weight is 279 g/mol. The van der Waals surface area contributed by atoms with Crippen molar-refractivity contribution in [3.05, 3.63) is 0 Å². The number of hydrogen-bond donors (Lipinski definition) is 2. The van der Waals surface area contributed by atoms with Crippen molar-refractivity contribution < 1.29 is 0 Å². The van der Waals surface area contributed by atoms with Crippen LogP contribution in [0.5, 0.6) is 0 Å². The fourth-order valence-corrected chi connectivity index (χ4v) is 3.67. The minimum atomic E-state index is -0.940. The van der Waals surface area contributed by atoms with E-state index in [0.717, 1.165) is 0 Å². The topological polar surface area (TPSA) is 24.1 Å². The zero-order valence-electron chi connectivity index (χ0n) is 10.5. The minimum Gasteiger partial charge on any atom is -0.271 e. The lowest BCUT2D eigenvalue weighted by Crippen LogP contribution is -2.56. The van der Waals surface area contributed by atoms with Crippen LogP contribution in [0.4, 0.5) is 0 Å². The van der Waals surface area contributed by atoms with Gasteiger partial charge in [-0.25, -0.2) is 0 Å². The van der Waals surface area contributed by atoms with E-state index in [1.165, 1.54) is 64.2 Å². The van der Waals surface area contributed by atoms with Gasteiger partial charge in [-0.05, 0) is 25.7 Å². The molecule has 0 saturated heterocycles. The molecule has 0 atom stereocenters. The Balaban J connectivity index is 1.75. The first-order chi connectivity index (χ1) is 8.16. The van der Waals surface area contributed by atoms with Gasteiger partial charge in [0, 0.05) is 12.1 Å². The van der Waals surface area contributed by atoms with Crippen molar-refractivity contribution in [2.24, 2.45) is 0 Å². The monoisotopic (exact) mass is 278 g/mol. The Bertz CT molecular complexity index is 199. The Labute approximate surface area is 115 Å². The summed E-state index contributed by atoms with van der Waals surface area (Å²) < 4.78 is -0.940. The summed E-state index contributed by atoms with van der Waals surface area (Å²) in [4.78, 5) is 0. The van der Waals surface area contributed by atoms with Crippen molar-refractivity contribution in [1.29, 1.82) is 0 Å². The van der Waals surface area contributed by atoms with Crippen LogP contribution in [0.25, 0.3) is 0 Å². The molecule has 2 nitrogen and oxygen atoms in total. The largest absolute Gasteiger partial charge is 0.271 e. The molecule has 2 fully saturated rings. The summed E-state index contributed by atoms with van der Waals surface area (Å²) in [5.41, 5.74) is 0. The highest BCUT2D eigenvalue weighted by Crippen LogP contribution is 2.26. The van der Waals surface area contributed by atoms with Crippen molar-refractivity contribution in [2.45, 2.75) is 80.9 Å². The fraction of sp³-hybridized carbons (Fsp3) is 1.00. The summed E-state index contributed by atoms with van der Waals surface area (Å²) in [6.45, 7) is 0. The standard InChI is InChI=1S/C13H24Cl2N2/c14-13(15,16-11-7-3-1-4-8-11)17-12-9-5-2-6-10-12/h11-12,16-17H,1-10H2. The number of halogens is 2. The number of alkyl halides is 2. The van der Waals surface area contributed by atoms with Crippen molar-refractivity contribution >= 4 is 23.2 Å². The molecule has 4 heteroatoms. The van der Waals surface area contributed by atoms with Crippen LogP contribution in [-0.4, -0.2) is 16.7 Å². The van der Waals surface area contributed by atoms with Crippen LogP contribution in [0, 0.1) is 0 Å². The second-order valence-corrected chi connectivity index (χ2v) is 6.86. The normalized spacial score (nSPS) is 25.1. The highest BCUT2D eigenvalue weighted by Gasteiger charge is 2.30. The van der Waals surface area contributed by atoms with Crippen LogP contribution in [-0.2, 0) is 0 Å². The first kappa shape index (κ1) is 13.9. The molecule has 17 heavy (non-hydrogen) atoms. The molecular weight excluding hydrogens is 255 g/mol. The van der Waals surface area contributed by atoms with Gasteiger partial charge in [-0.2, -0.15) is 0 Å². The van der Waals surface area contributed by atoms with Gasteiger partial charge < -0.3 is 0 Å². The van der Waals surface area contributed by atoms with Gasteiger partial charge in [0.25, 0.3) is 0 Å². The van der Waals surface area contributed by atoms with E-state index in [2.05, 4.69) is 10.6 Å².